The average molecular weight is 436 g/mol. The topological polar surface area (TPSA) is 64.6 Å². The highest BCUT2D eigenvalue weighted by atomic mass is 16.5. The Morgan fingerprint density at radius 3 is 2.42 bits per heavy atom. The summed E-state index contributed by atoms with van der Waals surface area (Å²) in [6.07, 6.45) is 3.33. The lowest BCUT2D eigenvalue weighted by molar-refractivity contribution is 0.00989. The number of aliphatic imine (C=N–C) groups is 1. The lowest BCUT2D eigenvalue weighted by Gasteiger charge is -2.35. The van der Waals surface area contributed by atoms with Crippen LogP contribution in [0.25, 0.3) is 0 Å². The van der Waals surface area contributed by atoms with Gasteiger partial charge in [-0.15, -0.1) is 0 Å². The molecule has 2 rings (SSSR count). The second-order valence-corrected chi connectivity index (χ2v) is 8.53. The van der Waals surface area contributed by atoms with Gasteiger partial charge >= 0.3 is 0 Å². The molecule has 1 heterocycles. The predicted octanol–water partition coefficient (Wildman–Crippen LogP) is 3.46. The van der Waals surface area contributed by atoms with Gasteiger partial charge in [0, 0.05) is 45.4 Å². The number of likely N-dealkylation sites (tertiary alicyclic amines) is 1. The van der Waals surface area contributed by atoms with Gasteiger partial charge in [-0.05, 0) is 43.9 Å². The molecule has 7 heteroatoms. The minimum atomic E-state index is -0.136. The summed E-state index contributed by atoms with van der Waals surface area (Å²) in [5, 5.41) is 3.47. The van der Waals surface area contributed by atoms with Gasteiger partial charge in [-0.1, -0.05) is 19.9 Å². The molecule has 0 aliphatic carbocycles. The van der Waals surface area contributed by atoms with Gasteiger partial charge in [0.2, 0.25) is 0 Å². The van der Waals surface area contributed by atoms with Crippen molar-refractivity contribution >= 4 is 5.96 Å². The largest absolute Gasteiger partial charge is 0.493 e. The van der Waals surface area contributed by atoms with Crippen molar-refractivity contribution in [3.63, 3.8) is 0 Å². The van der Waals surface area contributed by atoms with E-state index in [-0.39, 0.29) is 5.41 Å². The van der Waals surface area contributed by atoms with Crippen LogP contribution in [0.15, 0.2) is 23.2 Å². The van der Waals surface area contributed by atoms with Gasteiger partial charge in [0.15, 0.2) is 17.5 Å². The Bertz CT molecular complexity index is 685. The summed E-state index contributed by atoms with van der Waals surface area (Å²) in [5.41, 5.74) is 1.04. The van der Waals surface area contributed by atoms with Crippen molar-refractivity contribution in [1.29, 1.82) is 0 Å². The van der Waals surface area contributed by atoms with Crippen molar-refractivity contribution < 1.29 is 18.9 Å². The summed E-state index contributed by atoms with van der Waals surface area (Å²) in [5.74, 6) is 2.47. The number of nitrogens with zero attached hydrogens (tertiary/aromatic N) is 2. The first-order chi connectivity index (χ1) is 14.9. The molecule has 1 aromatic carbocycles. The minimum absolute atomic E-state index is 0.136. The molecule has 1 N–H and O–H groups in total. The zero-order valence-corrected chi connectivity index (χ0v) is 20.2. The molecule has 0 aromatic heterocycles. The van der Waals surface area contributed by atoms with E-state index in [0.29, 0.717) is 12.6 Å². The van der Waals surface area contributed by atoms with Crippen LogP contribution in [-0.2, 0) is 14.9 Å². The van der Waals surface area contributed by atoms with Crippen molar-refractivity contribution in [2.24, 2.45) is 4.99 Å². The molecule has 0 amide bonds. The predicted molar refractivity (Wildman–Crippen MR) is 126 cm³/mol. The van der Waals surface area contributed by atoms with Crippen LogP contribution in [0.1, 0.15) is 45.6 Å². The first kappa shape index (κ1) is 25.3. The number of nitrogens with one attached hydrogen (secondary N) is 1. The van der Waals surface area contributed by atoms with E-state index < -0.39 is 0 Å². The molecule has 1 aliphatic heterocycles. The van der Waals surface area contributed by atoms with Crippen molar-refractivity contribution in [3.05, 3.63) is 23.8 Å². The Hall–Kier alpha value is -1.99. The van der Waals surface area contributed by atoms with Crippen molar-refractivity contribution in [2.75, 3.05) is 60.7 Å². The standard InChI is InChI=1S/C24H41N3O4/c1-7-25-23(27-13-11-20(12-14-27)31-16-8-15-28-4)26-18-24(2,3)19-9-10-21(29-5)22(17-19)30-6/h9-10,17,20H,7-8,11-16,18H2,1-6H3,(H,25,26). The van der Waals surface area contributed by atoms with Crippen molar-refractivity contribution in [2.45, 2.75) is 51.6 Å². The molecule has 0 atom stereocenters. The Balaban J connectivity index is 1.99. The first-order valence-corrected chi connectivity index (χ1v) is 11.3. The third-order valence-corrected chi connectivity index (χ3v) is 5.71. The van der Waals surface area contributed by atoms with Crippen LogP contribution in [0.5, 0.6) is 11.5 Å². The summed E-state index contributed by atoms with van der Waals surface area (Å²) in [6, 6.07) is 6.10. The third-order valence-electron chi connectivity index (χ3n) is 5.71. The van der Waals surface area contributed by atoms with Gasteiger partial charge in [0.1, 0.15) is 0 Å². The summed E-state index contributed by atoms with van der Waals surface area (Å²) in [7, 11) is 5.05. The Kier molecular flexibility index (Phi) is 10.4. The number of guanidine groups is 1. The molecular formula is C24H41N3O4. The van der Waals surface area contributed by atoms with Crippen LogP contribution >= 0.6 is 0 Å². The zero-order valence-electron chi connectivity index (χ0n) is 20.2. The van der Waals surface area contributed by atoms with Gasteiger partial charge < -0.3 is 29.2 Å². The normalized spacial score (nSPS) is 15.8. The fourth-order valence-electron chi connectivity index (χ4n) is 3.73. The van der Waals surface area contributed by atoms with Crippen LogP contribution in [0.4, 0.5) is 0 Å². The quantitative estimate of drug-likeness (QED) is 0.326. The van der Waals surface area contributed by atoms with Crippen LogP contribution < -0.4 is 14.8 Å². The average Bonchev–Trinajstić information content (AvgIpc) is 2.79. The maximum absolute atomic E-state index is 6.00. The van der Waals surface area contributed by atoms with Crippen LogP contribution in [0, 0.1) is 0 Å². The SMILES string of the molecule is CCNC(=NCC(C)(C)c1ccc(OC)c(OC)c1)N1CCC(OCCCOC)CC1. The molecule has 1 saturated heterocycles. The summed E-state index contributed by atoms with van der Waals surface area (Å²) in [4.78, 5) is 7.35. The number of ether oxygens (including phenoxy) is 4. The van der Waals surface area contributed by atoms with Crippen LogP contribution in [0.3, 0.4) is 0 Å². The van der Waals surface area contributed by atoms with E-state index in [9.17, 15) is 0 Å². The van der Waals surface area contributed by atoms with Gasteiger partial charge in [-0.25, -0.2) is 0 Å². The molecule has 1 aliphatic rings. The van der Waals surface area contributed by atoms with Crippen molar-refractivity contribution in [3.8, 4) is 11.5 Å². The Labute approximate surface area is 188 Å². The van der Waals surface area contributed by atoms with Crippen molar-refractivity contribution in [1.82, 2.24) is 10.2 Å². The second-order valence-electron chi connectivity index (χ2n) is 8.53. The summed E-state index contributed by atoms with van der Waals surface area (Å²) in [6.45, 7) is 11.5. The highest BCUT2D eigenvalue weighted by Crippen LogP contribution is 2.33. The molecule has 0 bridgehead atoms. The molecule has 0 spiro atoms. The molecule has 0 saturated carbocycles. The Morgan fingerprint density at radius 1 is 1.10 bits per heavy atom. The molecule has 1 fully saturated rings. The lowest BCUT2D eigenvalue weighted by atomic mass is 9.84. The van der Waals surface area contributed by atoms with E-state index in [1.54, 1.807) is 21.3 Å². The molecule has 0 radical (unpaired) electrons. The van der Waals surface area contributed by atoms with E-state index in [0.717, 1.165) is 69.6 Å². The number of hydrogen-bond acceptors (Lipinski definition) is 5. The molecular weight excluding hydrogens is 394 g/mol. The van der Waals surface area contributed by atoms with Gasteiger partial charge in [0.25, 0.3) is 0 Å². The smallest absolute Gasteiger partial charge is 0.193 e. The number of hydrogen-bond donors (Lipinski definition) is 1. The van der Waals surface area contributed by atoms with Gasteiger partial charge in [-0.2, -0.15) is 0 Å². The molecule has 1 aromatic rings. The zero-order chi connectivity index (χ0) is 22.7. The third kappa shape index (κ3) is 7.58. The minimum Gasteiger partial charge on any atom is -0.493 e. The lowest BCUT2D eigenvalue weighted by Crippen LogP contribution is -2.47. The number of piperidine rings is 1. The van der Waals surface area contributed by atoms with E-state index in [1.807, 2.05) is 12.1 Å². The second kappa shape index (κ2) is 12.8. The Morgan fingerprint density at radius 2 is 1.81 bits per heavy atom. The maximum atomic E-state index is 6.00. The number of methoxy groups -OCH3 is 3. The molecule has 7 nitrogen and oxygen atoms in total. The van der Waals surface area contributed by atoms with Gasteiger partial charge in [0.05, 0.1) is 26.9 Å². The van der Waals surface area contributed by atoms with E-state index in [1.165, 1.54) is 5.56 Å². The molecule has 176 valence electrons. The fourth-order valence-corrected chi connectivity index (χ4v) is 3.73. The highest BCUT2D eigenvalue weighted by Gasteiger charge is 2.25. The summed E-state index contributed by atoms with van der Waals surface area (Å²) >= 11 is 0. The fraction of sp³-hybridized carbons (Fsp3) is 0.708. The van der Waals surface area contributed by atoms with E-state index >= 15 is 0 Å². The maximum Gasteiger partial charge on any atom is 0.193 e. The molecule has 0 unspecified atom stereocenters. The number of benzene rings is 1. The van der Waals surface area contributed by atoms with Gasteiger partial charge in [-0.3, -0.25) is 4.99 Å². The van der Waals surface area contributed by atoms with Crippen LogP contribution in [-0.4, -0.2) is 77.7 Å². The van der Waals surface area contributed by atoms with E-state index in [2.05, 4.69) is 37.1 Å². The summed E-state index contributed by atoms with van der Waals surface area (Å²) < 4.78 is 21.9. The highest BCUT2D eigenvalue weighted by molar-refractivity contribution is 5.80. The first-order valence-electron chi connectivity index (χ1n) is 11.3. The monoisotopic (exact) mass is 435 g/mol. The van der Waals surface area contributed by atoms with Crippen LogP contribution in [0.2, 0.25) is 0 Å². The molecule has 31 heavy (non-hydrogen) atoms. The van der Waals surface area contributed by atoms with E-state index in [4.69, 9.17) is 23.9 Å². The number of rotatable bonds is 11.